The van der Waals surface area contributed by atoms with Gasteiger partial charge in [-0.05, 0) is 18.1 Å². The summed E-state index contributed by atoms with van der Waals surface area (Å²) in [6.07, 6.45) is -0.00173. The van der Waals surface area contributed by atoms with Crippen LogP contribution in [0.1, 0.15) is 12.0 Å². The molecule has 20 heavy (non-hydrogen) atoms. The lowest BCUT2D eigenvalue weighted by molar-refractivity contribution is -0.148. The summed E-state index contributed by atoms with van der Waals surface area (Å²) in [6, 6.07) is 6.93. The van der Waals surface area contributed by atoms with E-state index in [0.29, 0.717) is 6.42 Å². The zero-order valence-corrected chi connectivity index (χ0v) is 11.5. The minimum Gasteiger partial charge on any atom is -0.480 e. The van der Waals surface area contributed by atoms with Gasteiger partial charge in [0.15, 0.2) is 0 Å². The molecule has 0 spiro atoms. The Morgan fingerprint density at radius 1 is 1.30 bits per heavy atom. The Hall–Kier alpha value is -1.53. The van der Waals surface area contributed by atoms with E-state index in [9.17, 15) is 14.7 Å². The number of rotatable bonds is 2. The van der Waals surface area contributed by atoms with E-state index in [1.807, 2.05) is 24.3 Å². The summed E-state index contributed by atoms with van der Waals surface area (Å²) in [5.74, 6) is -1.23. The van der Waals surface area contributed by atoms with Gasteiger partial charge < -0.3 is 15.1 Å². The number of carbonyl (C=O) groups is 2. The Balaban J connectivity index is 1.76. The molecule has 3 atom stereocenters. The number of fused-ring (bicyclic) bond motifs is 1. The van der Waals surface area contributed by atoms with E-state index in [1.54, 1.807) is 0 Å². The molecule has 1 aromatic carbocycles. The minimum absolute atomic E-state index is 0.114. The van der Waals surface area contributed by atoms with Crippen molar-refractivity contribution in [2.45, 2.75) is 35.1 Å². The maximum Gasteiger partial charge on any atom is 0.326 e. The molecule has 5 nitrogen and oxygen atoms in total. The Morgan fingerprint density at radius 2 is 2.05 bits per heavy atom. The van der Waals surface area contributed by atoms with Crippen LogP contribution in [0.4, 0.5) is 0 Å². The third kappa shape index (κ3) is 2.29. The summed E-state index contributed by atoms with van der Waals surface area (Å²) >= 11 is 1.48. The van der Waals surface area contributed by atoms with Crippen molar-refractivity contribution in [3.8, 4) is 0 Å². The third-order valence-corrected chi connectivity index (χ3v) is 5.07. The number of β-amino-alcohol motifs (C(OH)–C–C–N with tert-alkyl or cyclic N) is 1. The van der Waals surface area contributed by atoms with Gasteiger partial charge in [-0.15, -0.1) is 11.8 Å². The number of benzene rings is 1. The first-order valence-electron chi connectivity index (χ1n) is 6.52. The predicted octanol–water partition coefficient (Wildman–Crippen LogP) is 0.750. The van der Waals surface area contributed by atoms with Crippen LogP contribution in [0.15, 0.2) is 29.2 Å². The number of nitrogens with zero attached hydrogens (tertiary/aromatic N) is 1. The average Bonchev–Trinajstić information content (AvgIpc) is 3.01. The number of carboxylic acid groups (broad SMARTS) is 1. The Kier molecular flexibility index (Phi) is 3.43. The van der Waals surface area contributed by atoms with E-state index in [1.165, 1.54) is 16.7 Å². The highest BCUT2D eigenvalue weighted by Gasteiger charge is 2.42. The number of aliphatic hydroxyl groups excluding tert-OH is 1. The number of hydrogen-bond acceptors (Lipinski definition) is 4. The molecule has 2 heterocycles. The number of amides is 1. The first kappa shape index (κ1) is 13.5. The fraction of sp³-hybridized carbons (Fsp3) is 0.429. The molecule has 0 bridgehead atoms. The van der Waals surface area contributed by atoms with Crippen molar-refractivity contribution in [3.05, 3.63) is 29.8 Å². The fourth-order valence-corrected chi connectivity index (χ4v) is 4.06. The highest BCUT2D eigenvalue weighted by Crippen LogP contribution is 2.38. The third-order valence-electron chi connectivity index (χ3n) is 3.77. The van der Waals surface area contributed by atoms with Crippen molar-refractivity contribution in [1.29, 1.82) is 0 Å². The Morgan fingerprint density at radius 3 is 2.75 bits per heavy atom. The molecule has 1 saturated heterocycles. The van der Waals surface area contributed by atoms with Crippen molar-refractivity contribution in [2.24, 2.45) is 0 Å². The smallest absolute Gasteiger partial charge is 0.326 e. The van der Waals surface area contributed by atoms with Crippen molar-refractivity contribution in [3.63, 3.8) is 0 Å². The molecule has 2 aliphatic heterocycles. The van der Waals surface area contributed by atoms with Crippen LogP contribution in [0, 0.1) is 0 Å². The first-order valence-corrected chi connectivity index (χ1v) is 7.40. The topological polar surface area (TPSA) is 77.8 Å². The zero-order chi connectivity index (χ0) is 14.3. The predicted molar refractivity (Wildman–Crippen MR) is 73.6 cm³/mol. The molecule has 1 fully saturated rings. The molecule has 0 radical (unpaired) electrons. The number of aliphatic hydroxyl groups is 1. The van der Waals surface area contributed by atoms with Gasteiger partial charge in [0.05, 0.1) is 11.4 Å². The SMILES string of the molecule is O=C(O)[C@H]1C[C@@H](O)CN1C(=O)C1Cc2ccccc2S1. The average molecular weight is 293 g/mol. The maximum atomic E-state index is 12.5. The van der Waals surface area contributed by atoms with Crippen LogP contribution in [-0.2, 0) is 16.0 Å². The minimum atomic E-state index is -1.05. The maximum absolute atomic E-state index is 12.5. The van der Waals surface area contributed by atoms with E-state index in [2.05, 4.69) is 0 Å². The molecule has 6 heteroatoms. The van der Waals surface area contributed by atoms with Crippen LogP contribution in [0.2, 0.25) is 0 Å². The molecular formula is C14H15NO4S. The lowest BCUT2D eigenvalue weighted by atomic mass is 10.1. The molecule has 0 aliphatic carbocycles. The van der Waals surface area contributed by atoms with Gasteiger partial charge in [-0.25, -0.2) is 4.79 Å². The largest absolute Gasteiger partial charge is 0.480 e. The summed E-state index contributed by atoms with van der Waals surface area (Å²) < 4.78 is 0. The van der Waals surface area contributed by atoms with Crippen LogP contribution < -0.4 is 0 Å². The second-order valence-electron chi connectivity index (χ2n) is 5.15. The second kappa shape index (κ2) is 5.10. The highest BCUT2D eigenvalue weighted by atomic mass is 32.2. The molecule has 1 unspecified atom stereocenters. The monoisotopic (exact) mass is 293 g/mol. The number of hydrogen-bond donors (Lipinski definition) is 2. The number of carboxylic acids is 1. The van der Waals surface area contributed by atoms with Crippen molar-refractivity contribution in [1.82, 2.24) is 4.90 Å². The van der Waals surface area contributed by atoms with Crippen molar-refractivity contribution >= 4 is 23.6 Å². The Bertz CT molecular complexity index is 537. The molecule has 1 amide bonds. The summed E-state index contributed by atoms with van der Waals surface area (Å²) in [7, 11) is 0. The standard InChI is InChI=1S/C14H15NO4S/c16-9-6-10(14(18)19)15(7-9)13(17)12-5-8-3-1-2-4-11(8)20-12/h1-4,9-10,12,16H,5-7H2,(H,18,19)/t9-,10-,12?/m1/s1. The van der Waals surface area contributed by atoms with E-state index < -0.39 is 18.1 Å². The summed E-state index contributed by atoms with van der Waals surface area (Å²) in [5.41, 5.74) is 1.13. The van der Waals surface area contributed by atoms with E-state index in [-0.39, 0.29) is 24.1 Å². The normalized spacial score (nSPS) is 28.4. The number of aliphatic carboxylic acids is 1. The molecule has 2 N–H and O–H groups in total. The van der Waals surface area contributed by atoms with Crippen molar-refractivity contribution < 1.29 is 19.8 Å². The number of carbonyl (C=O) groups excluding carboxylic acids is 1. The molecule has 1 aromatic rings. The second-order valence-corrected chi connectivity index (χ2v) is 6.40. The van der Waals surface area contributed by atoms with Crippen LogP contribution in [0.3, 0.4) is 0 Å². The Labute approximate surface area is 120 Å². The quantitative estimate of drug-likeness (QED) is 0.841. The summed E-state index contributed by atoms with van der Waals surface area (Å²) in [4.78, 5) is 26.1. The first-order chi connectivity index (χ1) is 9.56. The lowest BCUT2D eigenvalue weighted by Gasteiger charge is -2.23. The van der Waals surface area contributed by atoms with Crippen LogP contribution in [-0.4, -0.2) is 50.9 Å². The van der Waals surface area contributed by atoms with Crippen LogP contribution in [0.5, 0.6) is 0 Å². The molecule has 2 aliphatic rings. The fourth-order valence-electron chi connectivity index (χ4n) is 2.80. The number of thioether (sulfide) groups is 1. The van der Waals surface area contributed by atoms with E-state index in [4.69, 9.17) is 5.11 Å². The van der Waals surface area contributed by atoms with Crippen LogP contribution >= 0.6 is 11.8 Å². The summed E-state index contributed by atoms with van der Waals surface area (Å²) in [5, 5.41) is 18.5. The lowest BCUT2D eigenvalue weighted by Crippen LogP contribution is -2.44. The van der Waals surface area contributed by atoms with E-state index in [0.717, 1.165) is 10.5 Å². The molecular weight excluding hydrogens is 278 g/mol. The molecule has 106 valence electrons. The molecule has 3 rings (SSSR count). The van der Waals surface area contributed by atoms with Gasteiger partial charge in [-0.3, -0.25) is 4.79 Å². The van der Waals surface area contributed by atoms with E-state index >= 15 is 0 Å². The van der Waals surface area contributed by atoms with Gasteiger partial charge in [0.2, 0.25) is 5.91 Å². The highest BCUT2D eigenvalue weighted by molar-refractivity contribution is 8.01. The van der Waals surface area contributed by atoms with Gasteiger partial charge in [-0.2, -0.15) is 0 Å². The van der Waals surface area contributed by atoms with Gasteiger partial charge in [0, 0.05) is 17.9 Å². The summed E-state index contributed by atoms with van der Waals surface area (Å²) in [6.45, 7) is 0.114. The number of likely N-dealkylation sites (tertiary alicyclic amines) is 1. The van der Waals surface area contributed by atoms with Gasteiger partial charge >= 0.3 is 5.97 Å². The van der Waals surface area contributed by atoms with Crippen LogP contribution in [0.25, 0.3) is 0 Å². The van der Waals surface area contributed by atoms with Gasteiger partial charge in [-0.1, -0.05) is 18.2 Å². The van der Waals surface area contributed by atoms with Gasteiger partial charge in [0.25, 0.3) is 0 Å². The zero-order valence-electron chi connectivity index (χ0n) is 10.7. The molecule has 0 aromatic heterocycles. The molecule has 0 saturated carbocycles. The van der Waals surface area contributed by atoms with Gasteiger partial charge in [0.1, 0.15) is 6.04 Å². The van der Waals surface area contributed by atoms with Crippen molar-refractivity contribution in [2.75, 3.05) is 6.54 Å².